The molecule has 2 rings (SSSR count). The average molecular weight is 255 g/mol. The number of anilines is 3. The largest absolute Gasteiger partial charge is 0.384 e. The Kier molecular flexibility index (Phi) is 4.39. The maximum Gasteiger partial charge on any atom is 0.133 e. The molecule has 1 N–H and O–H groups in total. The van der Waals surface area contributed by atoms with Crippen LogP contribution in [0.25, 0.3) is 0 Å². The zero-order valence-corrected chi connectivity index (χ0v) is 11.9. The number of rotatable bonds is 5. The molecule has 0 saturated heterocycles. The molecule has 0 aliphatic carbocycles. The van der Waals surface area contributed by atoms with Gasteiger partial charge < -0.3 is 10.2 Å². The first kappa shape index (κ1) is 13.4. The number of aromatic nitrogens is 1. The minimum atomic E-state index is 0.900. The van der Waals surface area contributed by atoms with Gasteiger partial charge in [-0.1, -0.05) is 12.1 Å². The highest BCUT2D eigenvalue weighted by atomic mass is 15.2. The van der Waals surface area contributed by atoms with Crippen molar-refractivity contribution >= 4 is 17.2 Å². The van der Waals surface area contributed by atoms with Gasteiger partial charge in [0, 0.05) is 18.8 Å². The molecule has 0 saturated carbocycles. The molecule has 1 aromatic heterocycles. The van der Waals surface area contributed by atoms with Gasteiger partial charge in [0.2, 0.25) is 0 Å². The van der Waals surface area contributed by atoms with Gasteiger partial charge in [-0.2, -0.15) is 0 Å². The van der Waals surface area contributed by atoms with Gasteiger partial charge in [-0.3, -0.25) is 0 Å². The Balaban J connectivity index is 2.26. The summed E-state index contributed by atoms with van der Waals surface area (Å²) in [4.78, 5) is 6.75. The fourth-order valence-corrected chi connectivity index (χ4v) is 2.13. The lowest BCUT2D eigenvalue weighted by Crippen LogP contribution is -2.17. The molecule has 1 heterocycles. The van der Waals surface area contributed by atoms with Gasteiger partial charge in [-0.05, 0) is 50.6 Å². The maximum absolute atomic E-state index is 4.54. The number of hydrogen-bond acceptors (Lipinski definition) is 3. The predicted molar refractivity (Wildman–Crippen MR) is 82.3 cm³/mol. The molecule has 1 aromatic carbocycles. The van der Waals surface area contributed by atoms with Gasteiger partial charge in [-0.25, -0.2) is 4.98 Å². The van der Waals surface area contributed by atoms with E-state index in [0.29, 0.717) is 0 Å². The summed E-state index contributed by atoms with van der Waals surface area (Å²) in [6.07, 6.45) is 1.89. The minimum absolute atomic E-state index is 0.900. The van der Waals surface area contributed by atoms with Crippen LogP contribution in [-0.4, -0.2) is 18.1 Å². The molecule has 0 atom stereocenters. The highest BCUT2D eigenvalue weighted by molar-refractivity contribution is 5.62. The zero-order chi connectivity index (χ0) is 13.7. The van der Waals surface area contributed by atoms with Gasteiger partial charge in [-0.15, -0.1) is 0 Å². The van der Waals surface area contributed by atoms with Crippen LogP contribution in [0.15, 0.2) is 42.6 Å². The van der Waals surface area contributed by atoms with Gasteiger partial charge in [0.15, 0.2) is 0 Å². The van der Waals surface area contributed by atoms with E-state index in [4.69, 9.17) is 0 Å². The van der Waals surface area contributed by atoms with E-state index in [0.717, 1.165) is 24.6 Å². The number of nitrogens with one attached hydrogen (secondary N) is 1. The van der Waals surface area contributed by atoms with E-state index >= 15 is 0 Å². The van der Waals surface area contributed by atoms with Gasteiger partial charge in [0.1, 0.15) is 5.82 Å². The smallest absolute Gasteiger partial charge is 0.133 e. The molecule has 3 heteroatoms. The van der Waals surface area contributed by atoms with Gasteiger partial charge >= 0.3 is 0 Å². The third-order valence-electron chi connectivity index (χ3n) is 3.03. The van der Waals surface area contributed by atoms with Crippen LogP contribution >= 0.6 is 0 Å². The van der Waals surface area contributed by atoms with Crippen molar-refractivity contribution in [3.63, 3.8) is 0 Å². The van der Waals surface area contributed by atoms with E-state index in [2.05, 4.69) is 72.4 Å². The lowest BCUT2D eigenvalue weighted by atomic mass is 10.2. The summed E-state index contributed by atoms with van der Waals surface area (Å²) in [5, 5.41) is 3.26. The Labute approximate surface area is 115 Å². The van der Waals surface area contributed by atoms with Crippen LogP contribution < -0.4 is 10.2 Å². The van der Waals surface area contributed by atoms with Crippen molar-refractivity contribution in [2.45, 2.75) is 20.8 Å². The Bertz CT molecular complexity index is 520. The van der Waals surface area contributed by atoms with E-state index in [1.165, 1.54) is 11.3 Å². The number of pyridine rings is 1. The van der Waals surface area contributed by atoms with Crippen molar-refractivity contribution in [1.82, 2.24) is 4.98 Å². The second kappa shape index (κ2) is 6.23. The average Bonchev–Trinajstić information content (AvgIpc) is 2.42. The first-order valence-corrected chi connectivity index (χ1v) is 6.78. The molecule has 0 fully saturated rings. The monoisotopic (exact) mass is 255 g/mol. The van der Waals surface area contributed by atoms with Crippen molar-refractivity contribution < 1.29 is 0 Å². The summed E-state index contributed by atoms with van der Waals surface area (Å²) >= 11 is 0. The lowest BCUT2D eigenvalue weighted by molar-refractivity contribution is 0.988. The van der Waals surface area contributed by atoms with Gasteiger partial charge in [0.25, 0.3) is 0 Å². The number of aryl methyl sites for hydroxylation is 1. The molecular formula is C16H21N3. The summed E-state index contributed by atoms with van der Waals surface area (Å²) in [6.45, 7) is 8.15. The van der Waals surface area contributed by atoms with Crippen LogP contribution in [0, 0.1) is 6.92 Å². The molecule has 0 unspecified atom stereocenters. The normalized spacial score (nSPS) is 10.3. The van der Waals surface area contributed by atoms with E-state index in [9.17, 15) is 0 Å². The van der Waals surface area contributed by atoms with Crippen molar-refractivity contribution in [3.05, 3.63) is 48.2 Å². The summed E-state index contributed by atoms with van der Waals surface area (Å²) in [6, 6.07) is 12.6. The van der Waals surface area contributed by atoms with Crippen molar-refractivity contribution in [2.24, 2.45) is 0 Å². The maximum atomic E-state index is 4.54. The molecular weight excluding hydrogens is 234 g/mol. The molecule has 0 radical (unpaired) electrons. The Morgan fingerprint density at radius 2 is 2.00 bits per heavy atom. The second-order valence-corrected chi connectivity index (χ2v) is 4.52. The fraction of sp³-hybridized carbons (Fsp3) is 0.312. The molecule has 0 aliphatic heterocycles. The quantitative estimate of drug-likeness (QED) is 0.876. The van der Waals surface area contributed by atoms with Crippen LogP contribution in [0.5, 0.6) is 0 Å². The molecule has 0 amide bonds. The van der Waals surface area contributed by atoms with E-state index in [1.807, 2.05) is 6.20 Å². The van der Waals surface area contributed by atoms with Crippen LogP contribution in [-0.2, 0) is 0 Å². The number of benzene rings is 1. The molecule has 0 bridgehead atoms. The lowest BCUT2D eigenvalue weighted by Gasteiger charge is -2.22. The molecule has 2 aromatic rings. The summed E-state index contributed by atoms with van der Waals surface area (Å²) in [7, 11) is 0. The van der Waals surface area contributed by atoms with Crippen LogP contribution in [0.4, 0.5) is 17.2 Å². The van der Waals surface area contributed by atoms with Crippen molar-refractivity contribution in [3.8, 4) is 0 Å². The molecule has 100 valence electrons. The SMILES string of the molecule is CCNc1ccc(N(CC)c2cccc(C)c2)nc1. The summed E-state index contributed by atoms with van der Waals surface area (Å²) in [5.41, 5.74) is 3.51. The standard InChI is InChI=1S/C16H21N3/c1-4-17-14-9-10-16(18-12-14)19(5-2)15-8-6-7-13(3)11-15/h6-12,17H,4-5H2,1-3H3. The minimum Gasteiger partial charge on any atom is -0.384 e. The summed E-state index contributed by atoms with van der Waals surface area (Å²) < 4.78 is 0. The number of hydrogen-bond donors (Lipinski definition) is 1. The van der Waals surface area contributed by atoms with Crippen LogP contribution in [0.3, 0.4) is 0 Å². The third-order valence-corrected chi connectivity index (χ3v) is 3.03. The van der Waals surface area contributed by atoms with Crippen LogP contribution in [0.1, 0.15) is 19.4 Å². The molecule has 0 aliphatic rings. The first-order valence-electron chi connectivity index (χ1n) is 6.78. The second-order valence-electron chi connectivity index (χ2n) is 4.52. The van der Waals surface area contributed by atoms with Crippen LogP contribution in [0.2, 0.25) is 0 Å². The number of nitrogens with zero attached hydrogens (tertiary/aromatic N) is 2. The summed E-state index contributed by atoms with van der Waals surface area (Å²) in [5.74, 6) is 0.981. The highest BCUT2D eigenvalue weighted by Gasteiger charge is 2.08. The molecule has 19 heavy (non-hydrogen) atoms. The Morgan fingerprint density at radius 1 is 1.16 bits per heavy atom. The van der Waals surface area contributed by atoms with E-state index < -0.39 is 0 Å². The predicted octanol–water partition coefficient (Wildman–Crippen LogP) is 3.98. The Hall–Kier alpha value is -2.03. The highest BCUT2D eigenvalue weighted by Crippen LogP contribution is 2.24. The molecule has 0 spiro atoms. The van der Waals surface area contributed by atoms with Gasteiger partial charge in [0.05, 0.1) is 11.9 Å². The van der Waals surface area contributed by atoms with Crippen molar-refractivity contribution in [1.29, 1.82) is 0 Å². The van der Waals surface area contributed by atoms with E-state index in [1.54, 1.807) is 0 Å². The van der Waals surface area contributed by atoms with Crippen molar-refractivity contribution in [2.75, 3.05) is 23.3 Å². The van der Waals surface area contributed by atoms with E-state index in [-0.39, 0.29) is 0 Å². The first-order chi connectivity index (χ1) is 9.24. The zero-order valence-electron chi connectivity index (χ0n) is 11.9. The third kappa shape index (κ3) is 3.25. The topological polar surface area (TPSA) is 28.2 Å². The molecule has 3 nitrogen and oxygen atoms in total. The Morgan fingerprint density at radius 3 is 2.58 bits per heavy atom. The fourth-order valence-electron chi connectivity index (χ4n) is 2.13.